The van der Waals surface area contributed by atoms with Gasteiger partial charge in [0.25, 0.3) is 0 Å². The maximum Gasteiger partial charge on any atom is 0.240 e. The fraction of sp³-hybridized carbons (Fsp3) is 0.500. The zero-order valence-corrected chi connectivity index (χ0v) is 11.8. The van der Waals surface area contributed by atoms with Crippen molar-refractivity contribution in [3.63, 3.8) is 0 Å². The molecule has 4 nitrogen and oxygen atoms in total. The van der Waals surface area contributed by atoms with Crippen molar-refractivity contribution < 1.29 is 9.59 Å². The first kappa shape index (κ1) is 13.2. The maximum absolute atomic E-state index is 12.8. The van der Waals surface area contributed by atoms with Gasteiger partial charge in [0, 0.05) is 12.1 Å². The van der Waals surface area contributed by atoms with E-state index in [9.17, 15) is 9.59 Å². The second-order valence-electron chi connectivity index (χ2n) is 6.10. The number of hydrogen-bond donors (Lipinski definition) is 1. The van der Waals surface area contributed by atoms with Crippen molar-refractivity contribution >= 4 is 23.2 Å². The Hall–Kier alpha value is -1.84. The fourth-order valence-corrected chi connectivity index (χ4v) is 3.52. The molecule has 1 aliphatic heterocycles. The molecule has 106 valence electrons. The van der Waals surface area contributed by atoms with E-state index < -0.39 is 5.41 Å². The lowest BCUT2D eigenvalue weighted by atomic mass is 9.73. The summed E-state index contributed by atoms with van der Waals surface area (Å²) in [7, 11) is 0. The normalized spacial score (nSPS) is 21.8. The molecule has 0 atom stereocenters. The Bertz CT molecular complexity index is 574. The molecule has 0 radical (unpaired) electrons. The third-order valence-corrected chi connectivity index (χ3v) is 4.68. The topological polar surface area (TPSA) is 63.4 Å². The number of imide groups is 1. The van der Waals surface area contributed by atoms with E-state index in [2.05, 4.69) is 0 Å². The van der Waals surface area contributed by atoms with E-state index in [0.29, 0.717) is 17.8 Å². The zero-order valence-electron chi connectivity index (χ0n) is 11.8. The number of carbonyl (C=O) groups excluding carboxylic acids is 2. The molecule has 3 rings (SSSR count). The van der Waals surface area contributed by atoms with Crippen LogP contribution in [0, 0.1) is 12.3 Å². The quantitative estimate of drug-likeness (QED) is 0.631. The molecule has 0 aromatic heterocycles. The van der Waals surface area contributed by atoms with Gasteiger partial charge in [0.1, 0.15) is 0 Å². The number of amides is 2. The minimum atomic E-state index is -0.438. The molecular weight excluding hydrogens is 252 g/mol. The highest BCUT2D eigenvalue weighted by Gasteiger charge is 2.52. The van der Waals surface area contributed by atoms with Crippen LogP contribution in [0.2, 0.25) is 0 Å². The van der Waals surface area contributed by atoms with Crippen LogP contribution in [0.1, 0.15) is 44.1 Å². The molecule has 1 saturated carbocycles. The van der Waals surface area contributed by atoms with Crippen molar-refractivity contribution in [2.75, 3.05) is 10.6 Å². The van der Waals surface area contributed by atoms with Gasteiger partial charge in [-0.1, -0.05) is 25.3 Å². The summed E-state index contributed by atoms with van der Waals surface area (Å²) in [5.41, 5.74) is 7.51. The van der Waals surface area contributed by atoms with E-state index in [0.717, 1.165) is 31.2 Å². The number of rotatable bonds is 1. The van der Waals surface area contributed by atoms with Crippen molar-refractivity contribution in [3.05, 3.63) is 23.8 Å². The molecule has 0 bridgehead atoms. The van der Waals surface area contributed by atoms with Crippen LogP contribution in [-0.2, 0) is 9.59 Å². The molecule has 1 saturated heterocycles. The largest absolute Gasteiger partial charge is 0.399 e. The zero-order chi connectivity index (χ0) is 14.3. The minimum Gasteiger partial charge on any atom is -0.399 e. The first-order chi connectivity index (χ1) is 9.53. The summed E-state index contributed by atoms with van der Waals surface area (Å²) in [6.07, 6.45) is 5.30. The third-order valence-electron chi connectivity index (χ3n) is 4.68. The predicted octanol–water partition coefficient (Wildman–Crippen LogP) is 2.79. The molecule has 1 aromatic carbocycles. The van der Waals surface area contributed by atoms with Gasteiger partial charge in [-0.05, 0) is 37.5 Å². The molecule has 2 N–H and O–H groups in total. The highest BCUT2D eigenvalue weighted by Crippen LogP contribution is 2.47. The average Bonchev–Trinajstić information content (AvgIpc) is 2.65. The van der Waals surface area contributed by atoms with Crippen molar-refractivity contribution in [2.24, 2.45) is 5.41 Å². The first-order valence-corrected chi connectivity index (χ1v) is 7.27. The van der Waals surface area contributed by atoms with Crippen LogP contribution in [-0.4, -0.2) is 11.8 Å². The van der Waals surface area contributed by atoms with Gasteiger partial charge >= 0.3 is 0 Å². The Kier molecular flexibility index (Phi) is 3.04. The highest BCUT2D eigenvalue weighted by molar-refractivity contribution is 6.23. The summed E-state index contributed by atoms with van der Waals surface area (Å²) in [6.45, 7) is 1.90. The van der Waals surface area contributed by atoms with E-state index in [1.807, 2.05) is 13.0 Å². The number of nitrogen functional groups attached to an aromatic ring is 1. The van der Waals surface area contributed by atoms with Gasteiger partial charge in [-0.15, -0.1) is 0 Å². The van der Waals surface area contributed by atoms with E-state index in [1.54, 1.807) is 12.1 Å². The molecule has 2 amide bonds. The molecule has 1 aromatic rings. The van der Waals surface area contributed by atoms with Crippen LogP contribution < -0.4 is 10.6 Å². The van der Waals surface area contributed by atoms with Gasteiger partial charge in [-0.2, -0.15) is 0 Å². The molecule has 0 unspecified atom stereocenters. The van der Waals surface area contributed by atoms with Crippen molar-refractivity contribution in [3.8, 4) is 0 Å². The molecule has 20 heavy (non-hydrogen) atoms. The molecule has 1 spiro atoms. The van der Waals surface area contributed by atoms with E-state index in [4.69, 9.17) is 5.73 Å². The summed E-state index contributed by atoms with van der Waals surface area (Å²) in [4.78, 5) is 26.6. The van der Waals surface area contributed by atoms with Crippen LogP contribution >= 0.6 is 0 Å². The maximum atomic E-state index is 12.8. The fourth-order valence-electron chi connectivity index (χ4n) is 3.52. The number of carbonyl (C=O) groups is 2. The summed E-state index contributed by atoms with van der Waals surface area (Å²) >= 11 is 0. The van der Waals surface area contributed by atoms with Crippen molar-refractivity contribution in [1.29, 1.82) is 0 Å². The summed E-state index contributed by atoms with van der Waals surface area (Å²) < 4.78 is 0. The van der Waals surface area contributed by atoms with Gasteiger partial charge in [0.15, 0.2) is 0 Å². The Morgan fingerprint density at radius 2 is 1.85 bits per heavy atom. The Morgan fingerprint density at radius 3 is 2.55 bits per heavy atom. The summed E-state index contributed by atoms with van der Waals surface area (Å²) in [5.74, 6) is -0.0958. The predicted molar refractivity (Wildman–Crippen MR) is 78.2 cm³/mol. The van der Waals surface area contributed by atoms with E-state index >= 15 is 0 Å². The Morgan fingerprint density at radius 1 is 1.15 bits per heavy atom. The number of aryl methyl sites for hydroxylation is 1. The Labute approximate surface area is 118 Å². The standard InChI is InChI=1S/C16H20N2O2/c1-11-5-6-12(17)9-13(11)18-14(19)10-16(15(18)20)7-3-2-4-8-16/h5-6,9H,2-4,7-8,10,17H2,1H3. The van der Waals surface area contributed by atoms with E-state index in [-0.39, 0.29) is 11.8 Å². The minimum absolute atomic E-state index is 0.0177. The van der Waals surface area contributed by atoms with Crippen LogP contribution in [0.15, 0.2) is 18.2 Å². The van der Waals surface area contributed by atoms with Gasteiger partial charge < -0.3 is 5.73 Å². The smallest absolute Gasteiger partial charge is 0.240 e. The highest BCUT2D eigenvalue weighted by atomic mass is 16.2. The monoisotopic (exact) mass is 272 g/mol. The third kappa shape index (κ3) is 1.90. The SMILES string of the molecule is Cc1ccc(N)cc1N1C(=O)CC2(CCCCC2)C1=O. The van der Waals surface area contributed by atoms with Crippen LogP contribution in [0.5, 0.6) is 0 Å². The first-order valence-electron chi connectivity index (χ1n) is 7.27. The molecule has 1 heterocycles. The summed E-state index contributed by atoms with van der Waals surface area (Å²) in [5, 5.41) is 0. The Balaban J connectivity index is 2.00. The molecule has 2 fully saturated rings. The number of hydrogen-bond acceptors (Lipinski definition) is 3. The van der Waals surface area contributed by atoms with Crippen LogP contribution in [0.25, 0.3) is 0 Å². The van der Waals surface area contributed by atoms with Crippen LogP contribution in [0.4, 0.5) is 11.4 Å². The molecule has 2 aliphatic rings. The van der Waals surface area contributed by atoms with Gasteiger partial charge in [0.05, 0.1) is 11.1 Å². The average molecular weight is 272 g/mol. The number of benzene rings is 1. The van der Waals surface area contributed by atoms with Gasteiger partial charge in [-0.25, -0.2) is 4.90 Å². The van der Waals surface area contributed by atoms with Gasteiger partial charge in [0.2, 0.25) is 11.8 Å². The molecular formula is C16H20N2O2. The molecule has 4 heteroatoms. The lowest BCUT2D eigenvalue weighted by molar-refractivity contribution is -0.127. The second-order valence-corrected chi connectivity index (χ2v) is 6.10. The van der Waals surface area contributed by atoms with E-state index in [1.165, 1.54) is 11.3 Å². The number of anilines is 2. The van der Waals surface area contributed by atoms with Crippen LogP contribution in [0.3, 0.4) is 0 Å². The summed E-state index contributed by atoms with van der Waals surface area (Å²) in [6, 6.07) is 5.38. The van der Waals surface area contributed by atoms with Crippen molar-refractivity contribution in [2.45, 2.75) is 45.4 Å². The van der Waals surface area contributed by atoms with Crippen molar-refractivity contribution in [1.82, 2.24) is 0 Å². The molecule has 1 aliphatic carbocycles. The number of nitrogens with zero attached hydrogens (tertiary/aromatic N) is 1. The number of nitrogens with two attached hydrogens (primary N) is 1. The van der Waals surface area contributed by atoms with Gasteiger partial charge in [-0.3, -0.25) is 9.59 Å². The second kappa shape index (κ2) is 4.62. The lowest BCUT2D eigenvalue weighted by Gasteiger charge is -2.30. The lowest BCUT2D eigenvalue weighted by Crippen LogP contribution is -2.37.